The largest absolute Gasteiger partial charge is 0.409 e. The molecule has 0 aliphatic carbocycles. The van der Waals surface area contributed by atoms with Crippen molar-refractivity contribution in [2.75, 3.05) is 18.2 Å². The van der Waals surface area contributed by atoms with Gasteiger partial charge in [0.05, 0.1) is 22.6 Å². The maximum absolute atomic E-state index is 14.3. The minimum absolute atomic E-state index is 0.132. The molecular formula is C14H11F4N3O4S. The Hall–Kier alpha value is -2.68. The number of urea groups is 1. The molecule has 1 aliphatic rings. The van der Waals surface area contributed by atoms with Crippen LogP contribution in [0.25, 0.3) is 0 Å². The first kappa shape index (κ1) is 19.6. The summed E-state index contributed by atoms with van der Waals surface area (Å²) in [5.41, 5.74) is -1.40. The Bertz CT molecular complexity index is 937. The summed E-state index contributed by atoms with van der Waals surface area (Å²) in [6.45, 7) is 0. The second-order valence-corrected chi connectivity index (χ2v) is 7.55. The minimum Gasteiger partial charge on any atom is -0.314 e. The lowest BCUT2D eigenvalue weighted by Gasteiger charge is -2.38. The first-order valence-electron chi connectivity index (χ1n) is 6.89. The zero-order valence-corrected chi connectivity index (χ0v) is 14.2. The smallest absolute Gasteiger partial charge is 0.314 e. The minimum atomic E-state index is -4.87. The molecule has 2 rings (SSSR count). The Morgan fingerprint density at radius 3 is 2.31 bits per heavy atom. The molecule has 3 amide bonds. The van der Waals surface area contributed by atoms with Crippen LogP contribution in [0.5, 0.6) is 0 Å². The summed E-state index contributed by atoms with van der Waals surface area (Å²) in [6, 6.07) is -1.30. The Morgan fingerprint density at radius 2 is 1.85 bits per heavy atom. The standard InChI is InChI=1S/C14H11F4N3O4S/c1-20-11(14(16,17)18)5-12(22)21(13(20)23)9-4-10(26(2,24)25)7(6-19)3-8(9)15/h3-4,11H,5H2,1-2H3. The van der Waals surface area contributed by atoms with Crippen molar-refractivity contribution in [3.63, 3.8) is 0 Å². The van der Waals surface area contributed by atoms with E-state index in [0.29, 0.717) is 12.1 Å². The number of hydrogen-bond donors (Lipinski definition) is 0. The topological polar surface area (TPSA) is 98.6 Å². The van der Waals surface area contributed by atoms with Crippen molar-refractivity contribution in [3.8, 4) is 6.07 Å². The number of hydrogen-bond acceptors (Lipinski definition) is 5. The Balaban J connectivity index is 2.61. The van der Waals surface area contributed by atoms with E-state index in [-0.39, 0.29) is 9.80 Å². The molecule has 0 bridgehead atoms. The number of carbonyl (C=O) groups excluding carboxylic acids is 2. The number of nitrogens with zero attached hydrogens (tertiary/aromatic N) is 3. The highest BCUT2D eigenvalue weighted by atomic mass is 32.2. The van der Waals surface area contributed by atoms with Crippen LogP contribution in [0.3, 0.4) is 0 Å². The predicted octanol–water partition coefficient (Wildman–Crippen LogP) is 1.82. The number of benzene rings is 1. The van der Waals surface area contributed by atoms with Gasteiger partial charge >= 0.3 is 12.2 Å². The molecule has 0 aromatic heterocycles. The molecule has 1 saturated heterocycles. The van der Waals surface area contributed by atoms with Crippen molar-refractivity contribution >= 4 is 27.5 Å². The van der Waals surface area contributed by atoms with Gasteiger partial charge in [0.15, 0.2) is 9.84 Å². The van der Waals surface area contributed by atoms with E-state index in [0.717, 1.165) is 13.3 Å². The van der Waals surface area contributed by atoms with Gasteiger partial charge in [-0.3, -0.25) is 4.79 Å². The number of sulfone groups is 1. The summed E-state index contributed by atoms with van der Waals surface area (Å²) in [5.74, 6) is -2.65. The van der Waals surface area contributed by atoms with Crippen LogP contribution in [0.1, 0.15) is 12.0 Å². The van der Waals surface area contributed by atoms with Crippen LogP contribution < -0.4 is 4.90 Å². The van der Waals surface area contributed by atoms with Crippen molar-refractivity contribution in [2.45, 2.75) is 23.5 Å². The van der Waals surface area contributed by atoms with Gasteiger partial charge < -0.3 is 4.90 Å². The van der Waals surface area contributed by atoms with Crippen molar-refractivity contribution in [1.29, 1.82) is 5.26 Å². The number of anilines is 1. The SMILES string of the molecule is CN1C(=O)N(c2cc(S(C)(=O)=O)c(C#N)cc2F)C(=O)CC1C(F)(F)F. The first-order valence-corrected chi connectivity index (χ1v) is 8.78. The van der Waals surface area contributed by atoms with E-state index in [2.05, 4.69) is 0 Å². The third-order valence-electron chi connectivity index (χ3n) is 3.77. The number of imide groups is 1. The molecule has 0 saturated carbocycles. The average molecular weight is 393 g/mol. The van der Waals surface area contributed by atoms with Crippen LogP contribution in [0.15, 0.2) is 17.0 Å². The summed E-state index contributed by atoms with van der Waals surface area (Å²) < 4.78 is 76.5. The summed E-state index contributed by atoms with van der Waals surface area (Å²) in [7, 11) is -3.25. The van der Waals surface area contributed by atoms with Crippen molar-refractivity contribution in [2.24, 2.45) is 0 Å². The molecule has 1 aliphatic heterocycles. The molecule has 0 spiro atoms. The van der Waals surface area contributed by atoms with Gasteiger partial charge in [-0.15, -0.1) is 0 Å². The Labute approximate surface area is 145 Å². The van der Waals surface area contributed by atoms with E-state index >= 15 is 0 Å². The molecular weight excluding hydrogens is 382 g/mol. The van der Waals surface area contributed by atoms with Crippen LogP contribution >= 0.6 is 0 Å². The van der Waals surface area contributed by atoms with E-state index in [1.165, 1.54) is 6.07 Å². The molecule has 12 heteroatoms. The summed E-state index contributed by atoms with van der Waals surface area (Å²) in [6.07, 6.45) is -5.30. The fraction of sp³-hybridized carbons (Fsp3) is 0.357. The molecule has 26 heavy (non-hydrogen) atoms. The normalized spacial score (nSPS) is 18.9. The molecule has 1 heterocycles. The maximum atomic E-state index is 14.3. The van der Waals surface area contributed by atoms with Crippen molar-refractivity contribution in [3.05, 3.63) is 23.5 Å². The lowest BCUT2D eigenvalue weighted by atomic mass is 10.1. The third kappa shape index (κ3) is 3.34. The Kier molecular flexibility index (Phi) is 4.71. The molecule has 1 aromatic carbocycles. The van der Waals surface area contributed by atoms with E-state index in [4.69, 9.17) is 5.26 Å². The van der Waals surface area contributed by atoms with Crippen LogP contribution in [0.4, 0.5) is 28.0 Å². The number of carbonyl (C=O) groups is 2. The molecule has 1 unspecified atom stereocenters. The molecule has 1 atom stereocenters. The molecule has 1 aromatic rings. The highest BCUT2D eigenvalue weighted by Gasteiger charge is 2.51. The molecule has 0 radical (unpaired) electrons. The summed E-state index contributed by atoms with van der Waals surface area (Å²) in [4.78, 5) is 24.0. The second kappa shape index (κ2) is 6.24. The number of nitriles is 1. The highest BCUT2D eigenvalue weighted by molar-refractivity contribution is 7.90. The van der Waals surface area contributed by atoms with Gasteiger partial charge in [0.25, 0.3) is 0 Å². The van der Waals surface area contributed by atoms with Gasteiger partial charge in [-0.25, -0.2) is 22.5 Å². The van der Waals surface area contributed by atoms with Crippen molar-refractivity contribution < 1.29 is 35.6 Å². The van der Waals surface area contributed by atoms with Crippen LogP contribution in [-0.2, 0) is 14.6 Å². The van der Waals surface area contributed by atoms with Gasteiger partial charge in [-0.05, 0) is 12.1 Å². The Morgan fingerprint density at radius 1 is 1.27 bits per heavy atom. The van der Waals surface area contributed by atoms with E-state index in [1.54, 1.807) is 0 Å². The van der Waals surface area contributed by atoms with Crippen LogP contribution in [0.2, 0.25) is 0 Å². The highest BCUT2D eigenvalue weighted by Crippen LogP contribution is 2.35. The number of amides is 3. The van der Waals surface area contributed by atoms with E-state index < -0.39 is 62.4 Å². The number of rotatable bonds is 2. The van der Waals surface area contributed by atoms with E-state index in [1.807, 2.05) is 0 Å². The van der Waals surface area contributed by atoms with Gasteiger partial charge in [0.2, 0.25) is 5.91 Å². The quantitative estimate of drug-likeness (QED) is 0.564. The zero-order chi connectivity index (χ0) is 20.0. The van der Waals surface area contributed by atoms with Gasteiger partial charge in [0.1, 0.15) is 17.9 Å². The summed E-state index contributed by atoms with van der Waals surface area (Å²) >= 11 is 0. The van der Waals surface area contributed by atoms with Gasteiger partial charge in [0, 0.05) is 13.3 Å². The van der Waals surface area contributed by atoms with Gasteiger partial charge in [-0.2, -0.15) is 18.4 Å². The fourth-order valence-electron chi connectivity index (χ4n) is 2.47. The van der Waals surface area contributed by atoms with Crippen LogP contribution in [-0.4, -0.2) is 50.8 Å². The average Bonchev–Trinajstić information content (AvgIpc) is 2.49. The van der Waals surface area contributed by atoms with Crippen molar-refractivity contribution in [1.82, 2.24) is 4.90 Å². The first-order chi connectivity index (χ1) is 11.8. The van der Waals surface area contributed by atoms with E-state index in [9.17, 15) is 35.6 Å². The second-order valence-electron chi connectivity index (χ2n) is 5.57. The lowest BCUT2D eigenvalue weighted by Crippen LogP contribution is -2.60. The fourth-order valence-corrected chi connectivity index (χ4v) is 3.30. The van der Waals surface area contributed by atoms with Crippen LogP contribution in [0, 0.1) is 17.1 Å². The lowest BCUT2D eigenvalue weighted by molar-refractivity contribution is -0.179. The third-order valence-corrected chi connectivity index (χ3v) is 4.90. The number of alkyl halides is 3. The predicted molar refractivity (Wildman–Crippen MR) is 79.3 cm³/mol. The maximum Gasteiger partial charge on any atom is 0.409 e. The monoisotopic (exact) mass is 393 g/mol. The molecule has 0 N–H and O–H groups in total. The zero-order valence-electron chi connectivity index (χ0n) is 13.3. The summed E-state index contributed by atoms with van der Waals surface area (Å²) in [5, 5.41) is 8.92. The molecule has 1 fully saturated rings. The number of halogens is 4. The molecule has 7 nitrogen and oxygen atoms in total. The van der Waals surface area contributed by atoms with Gasteiger partial charge in [-0.1, -0.05) is 0 Å². The molecule has 140 valence electrons.